The summed E-state index contributed by atoms with van der Waals surface area (Å²) in [6.45, 7) is 1.93. The molecular weight excluding hydrogens is 245 g/mol. The molecule has 82 valence electrons. The molecule has 0 spiro atoms. The van der Waals surface area contributed by atoms with Crippen LogP contribution >= 0.6 is 23.2 Å². The fourth-order valence-electron chi connectivity index (χ4n) is 1.25. The summed E-state index contributed by atoms with van der Waals surface area (Å²) >= 11 is 11.7. The van der Waals surface area contributed by atoms with E-state index in [9.17, 15) is 0 Å². The van der Waals surface area contributed by atoms with Crippen molar-refractivity contribution in [3.63, 3.8) is 0 Å². The number of benzene rings is 1. The third-order valence-corrected chi connectivity index (χ3v) is 2.49. The Morgan fingerprint density at radius 2 is 1.94 bits per heavy atom. The first-order chi connectivity index (χ1) is 7.65. The van der Waals surface area contributed by atoms with Gasteiger partial charge in [-0.2, -0.15) is 0 Å². The lowest BCUT2D eigenvalue weighted by molar-refractivity contribution is 1.25. The molecule has 3 nitrogen and oxygen atoms in total. The van der Waals surface area contributed by atoms with E-state index in [0.29, 0.717) is 15.7 Å². The van der Waals surface area contributed by atoms with Crippen LogP contribution in [0, 0.1) is 6.92 Å². The maximum atomic E-state index is 5.86. The molecule has 1 aromatic carbocycles. The van der Waals surface area contributed by atoms with Crippen LogP contribution in [0.15, 0.2) is 29.5 Å². The molecule has 1 aromatic heterocycles. The maximum Gasteiger partial charge on any atom is 0.102 e. The average molecular weight is 254 g/mol. The Morgan fingerprint density at radius 3 is 2.50 bits per heavy atom. The summed E-state index contributed by atoms with van der Waals surface area (Å²) in [6.07, 6.45) is 3.30. The van der Waals surface area contributed by atoms with Crippen molar-refractivity contribution >= 4 is 35.1 Å². The van der Waals surface area contributed by atoms with Gasteiger partial charge in [0.05, 0.1) is 18.2 Å². The Hall–Kier alpha value is -1.32. The second-order valence-electron chi connectivity index (χ2n) is 3.30. The molecule has 0 saturated carbocycles. The highest BCUT2D eigenvalue weighted by Gasteiger charge is 1.98. The van der Waals surface area contributed by atoms with E-state index >= 15 is 0 Å². The summed E-state index contributed by atoms with van der Waals surface area (Å²) in [6, 6.07) is 5.15. The number of H-pyrrole nitrogens is 1. The third kappa shape index (κ3) is 2.62. The summed E-state index contributed by atoms with van der Waals surface area (Å²) in [5.41, 5.74) is 2.48. The van der Waals surface area contributed by atoms with Gasteiger partial charge >= 0.3 is 0 Å². The van der Waals surface area contributed by atoms with Crippen molar-refractivity contribution in [1.29, 1.82) is 0 Å². The molecule has 0 fully saturated rings. The van der Waals surface area contributed by atoms with Crippen LogP contribution in [0.25, 0.3) is 0 Å². The highest BCUT2D eigenvalue weighted by Crippen LogP contribution is 2.24. The minimum atomic E-state index is 0.568. The molecule has 0 aliphatic carbocycles. The van der Waals surface area contributed by atoms with Gasteiger partial charge in [-0.3, -0.25) is 4.99 Å². The lowest BCUT2D eigenvalue weighted by atomic mass is 10.3. The Labute approximate surface area is 103 Å². The molecule has 1 heterocycles. The number of rotatable bonds is 2. The van der Waals surface area contributed by atoms with Crippen LogP contribution in [0.4, 0.5) is 5.69 Å². The lowest BCUT2D eigenvalue weighted by Crippen LogP contribution is -1.83. The van der Waals surface area contributed by atoms with Crippen molar-refractivity contribution in [3.05, 3.63) is 46.0 Å². The summed E-state index contributed by atoms with van der Waals surface area (Å²) in [5.74, 6) is 0. The van der Waals surface area contributed by atoms with E-state index in [1.807, 2.05) is 6.92 Å². The molecule has 0 atom stereocenters. The Kier molecular flexibility index (Phi) is 3.27. The van der Waals surface area contributed by atoms with Crippen LogP contribution in [0.2, 0.25) is 10.0 Å². The first-order valence-electron chi connectivity index (χ1n) is 4.65. The topological polar surface area (TPSA) is 41.0 Å². The molecule has 0 amide bonds. The van der Waals surface area contributed by atoms with E-state index < -0.39 is 0 Å². The van der Waals surface area contributed by atoms with Crippen LogP contribution in [0.3, 0.4) is 0 Å². The summed E-state index contributed by atoms with van der Waals surface area (Å²) in [7, 11) is 0. The summed E-state index contributed by atoms with van der Waals surface area (Å²) in [5, 5.41) is 1.14. The molecular formula is C11H9Cl2N3. The standard InChI is InChI=1S/C11H9Cl2N3/c1-7-11(16-6-15-7)5-14-10-3-8(12)2-9(13)4-10/h2-6H,1H3,(H,15,16). The van der Waals surface area contributed by atoms with Gasteiger partial charge in [-0.15, -0.1) is 0 Å². The van der Waals surface area contributed by atoms with Crippen molar-refractivity contribution in [2.45, 2.75) is 6.92 Å². The molecule has 0 unspecified atom stereocenters. The van der Waals surface area contributed by atoms with Crippen LogP contribution in [0.5, 0.6) is 0 Å². The molecule has 0 aliphatic rings. The molecule has 2 aromatic rings. The van der Waals surface area contributed by atoms with E-state index in [4.69, 9.17) is 23.2 Å². The first-order valence-corrected chi connectivity index (χ1v) is 5.41. The van der Waals surface area contributed by atoms with Gasteiger partial charge in [0.15, 0.2) is 0 Å². The minimum Gasteiger partial charge on any atom is -0.348 e. The zero-order chi connectivity index (χ0) is 11.5. The van der Waals surface area contributed by atoms with Crippen LogP contribution in [-0.2, 0) is 0 Å². The SMILES string of the molecule is Cc1[nH]cnc1C=Nc1cc(Cl)cc(Cl)c1. The number of nitrogens with one attached hydrogen (secondary N) is 1. The van der Waals surface area contributed by atoms with Gasteiger partial charge in [0.25, 0.3) is 0 Å². The molecule has 0 saturated heterocycles. The average Bonchev–Trinajstić information content (AvgIpc) is 2.59. The normalized spacial score (nSPS) is 11.2. The summed E-state index contributed by atoms with van der Waals surface area (Å²) < 4.78 is 0. The number of halogens is 2. The largest absolute Gasteiger partial charge is 0.348 e. The monoisotopic (exact) mass is 253 g/mol. The van der Waals surface area contributed by atoms with Gasteiger partial charge < -0.3 is 4.98 Å². The quantitative estimate of drug-likeness (QED) is 0.814. The van der Waals surface area contributed by atoms with Crippen LogP contribution in [0.1, 0.15) is 11.4 Å². The molecule has 0 bridgehead atoms. The molecule has 0 radical (unpaired) electrons. The number of aromatic amines is 1. The van der Waals surface area contributed by atoms with Crippen molar-refractivity contribution in [2.24, 2.45) is 4.99 Å². The fourth-order valence-corrected chi connectivity index (χ4v) is 1.76. The van der Waals surface area contributed by atoms with E-state index in [-0.39, 0.29) is 0 Å². The molecule has 5 heteroatoms. The zero-order valence-corrected chi connectivity index (χ0v) is 10.0. The van der Waals surface area contributed by atoms with Crippen molar-refractivity contribution < 1.29 is 0 Å². The molecule has 1 N–H and O–H groups in total. The zero-order valence-electron chi connectivity index (χ0n) is 8.54. The van der Waals surface area contributed by atoms with Gasteiger partial charge in [0.2, 0.25) is 0 Å². The van der Waals surface area contributed by atoms with E-state index in [0.717, 1.165) is 11.4 Å². The highest BCUT2D eigenvalue weighted by molar-refractivity contribution is 6.35. The predicted molar refractivity (Wildman–Crippen MR) is 67.0 cm³/mol. The van der Waals surface area contributed by atoms with Gasteiger partial charge in [0.1, 0.15) is 5.69 Å². The van der Waals surface area contributed by atoms with Crippen LogP contribution < -0.4 is 0 Å². The first kappa shape index (κ1) is 11.2. The second kappa shape index (κ2) is 4.68. The van der Waals surface area contributed by atoms with E-state index in [1.165, 1.54) is 0 Å². The minimum absolute atomic E-state index is 0.568. The van der Waals surface area contributed by atoms with Gasteiger partial charge in [0, 0.05) is 15.7 Å². The Morgan fingerprint density at radius 1 is 1.25 bits per heavy atom. The number of aromatic nitrogens is 2. The maximum absolute atomic E-state index is 5.86. The number of nitrogens with zero attached hydrogens (tertiary/aromatic N) is 2. The fraction of sp³-hybridized carbons (Fsp3) is 0.0909. The summed E-state index contributed by atoms with van der Waals surface area (Å²) in [4.78, 5) is 11.3. The number of aliphatic imine (C=N–C) groups is 1. The molecule has 16 heavy (non-hydrogen) atoms. The molecule has 0 aliphatic heterocycles. The smallest absolute Gasteiger partial charge is 0.102 e. The van der Waals surface area contributed by atoms with E-state index in [2.05, 4.69) is 15.0 Å². The van der Waals surface area contributed by atoms with Crippen molar-refractivity contribution in [3.8, 4) is 0 Å². The van der Waals surface area contributed by atoms with E-state index in [1.54, 1.807) is 30.7 Å². The molecule has 2 rings (SSSR count). The third-order valence-electron chi connectivity index (χ3n) is 2.05. The lowest BCUT2D eigenvalue weighted by Gasteiger charge is -1.96. The number of aryl methyl sites for hydroxylation is 1. The van der Waals surface area contributed by atoms with Crippen molar-refractivity contribution in [2.75, 3.05) is 0 Å². The second-order valence-corrected chi connectivity index (χ2v) is 4.17. The Bertz CT molecular complexity index is 512. The van der Waals surface area contributed by atoms with Gasteiger partial charge in [-0.05, 0) is 25.1 Å². The predicted octanol–water partition coefficient (Wildman–Crippen LogP) is 3.78. The van der Waals surface area contributed by atoms with Crippen molar-refractivity contribution in [1.82, 2.24) is 9.97 Å². The number of hydrogen-bond donors (Lipinski definition) is 1. The number of imidazole rings is 1. The number of hydrogen-bond acceptors (Lipinski definition) is 2. The highest BCUT2D eigenvalue weighted by atomic mass is 35.5. The van der Waals surface area contributed by atoms with Gasteiger partial charge in [-0.25, -0.2) is 4.98 Å². The Balaban J connectivity index is 2.27. The van der Waals surface area contributed by atoms with Gasteiger partial charge in [-0.1, -0.05) is 23.2 Å². The van der Waals surface area contributed by atoms with Crippen LogP contribution in [-0.4, -0.2) is 16.2 Å².